The molecule has 1 amide bonds. The molecular weight excluding hydrogens is 568 g/mol. The number of amides is 1. The van der Waals surface area contributed by atoms with Gasteiger partial charge in [0.15, 0.2) is 0 Å². The number of alkyl halides is 3. The van der Waals surface area contributed by atoms with Crippen molar-refractivity contribution < 1.29 is 32.6 Å². The van der Waals surface area contributed by atoms with Gasteiger partial charge >= 0.3 is 12.1 Å². The lowest BCUT2D eigenvalue weighted by molar-refractivity contribution is -0.192. The van der Waals surface area contributed by atoms with E-state index in [9.17, 15) is 18.0 Å². The predicted octanol–water partition coefficient (Wildman–Crippen LogP) is 6.72. The minimum Gasteiger partial charge on any atom is -0.493 e. The number of hydrogen-bond acceptors (Lipinski definition) is 4. The molecule has 0 bridgehead atoms. The number of carboxylic acids is 1. The van der Waals surface area contributed by atoms with E-state index in [4.69, 9.17) is 37.8 Å². The zero-order valence-electron chi connectivity index (χ0n) is 22.6. The fourth-order valence-electron chi connectivity index (χ4n) is 5.01. The van der Waals surface area contributed by atoms with E-state index in [0.717, 1.165) is 63.5 Å². The lowest BCUT2D eigenvalue weighted by Gasteiger charge is -2.39. The number of hydrogen-bond donors (Lipinski definition) is 1. The molecule has 2 fully saturated rings. The zero-order valence-corrected chi connectivity index (χ0v) is 24.2. The number of rotatable bonds is 7. The van der Waals surface area contributed by atoms with Gasteiger partial charge in [-0.1, -0.05) is 61.3 Å². The van der Waals surface area contributed by atoms with Crippen LogP contribution in [0.2, 0.25) is 10.0 Å². The smallest absolute Gasteiger partial charge is 0.490 e. The van der Waals surface area contributed by atoms with Crippen molar-refractivity contribution in [2.75, 3.05) is 32.8 Å². The fourth-order valence-corrected chi connectivity index (χ4v) is 5.49. The number of halogens is 5. The van der Waals surface area contributed by atoms with E-state index < -0.39 is 12.1 Å². The van der Waals surface area contributed by atoms with Crippen molar-refractivity contribution in [3.63, 3.8) is 0 Å². The summed E-state index contributed by atoms with van der Waals surface area (Å²) in [4.78, 5) is 26.3. The minimum atomic E-state index is -5.08. The number of para-hydroxylation sites is 1. The Morgan fingerprint density at radius 2 is 1.65 bits per heavy atom. The molecular formula is C29H35Cl2F3N2O4. The van der Waals surface area contributed by atoms with Crippen molar-refractivity contribution in [2.24, 2.45) is 11.3 Å². The van der Waals surface area contributed by atoms with Crippen LogP contribution in [0.15, 0.2) is 42.5 Å². The highest BCUT2D eigenvalue weighted by atomic mass is 35.5. The maximum absolute atomic E-state index is 12.9. The largest absolute Gasteiger partial charge is 0.493 e. The van der Waals surface area contributed by atoms with Gasteiger partial charge in [0, 0.05) is 41.8 Å². The van der Waals surface area contributed by atoms with Gasteiger partial charge in [-0.3, -0.25) is 9.69 Å². The molecule has 0 saturated carbocycles. The Kier molecular flexibility index (Phi) is 11.1. The maximum Gasteiger partial charge on any atom is 0.490 e. The molecule has 0 radical (unpaired) electrons. The number of benzene rings is 2. The molecule has 2 aromatic carbocycles. The number of carboxylic acid groups (broad SMARTS) is 1. The van der Waals surface area contributed by atoms with Gasteiger partial charge in [-0.05, 0) is 60.9 Å². The average molecular weight is 604 g/mol. The minimum absolute atomic E-state index is 0.153. The third-order valence-electron chi connectivity index (χ3n) is 7.23. The standard InChI is InChI=1S/C27H34Cl2N2O2.C2HF3O2/c1-20(2)18-33-25-6-4-3-5-22(25)17-30-12-9-27(19-30)10-13-31(14-11-27)26(32)15-21-7-8-23(28)16-24(21)29;3-2(4,5)1(6)7/h3-8,16,20H,9-15,17-19H2,1-2H3;(H,6,7). The Morgan fingerprint density at radius 3 is 2.25 bits per heavy atom. The molecule has 2 aliphatic heterocycles. The number of carbonyl (C=O) groups is 2. The molecule has 2 aromatic rings. The Morgan fingerprint density at radius 1 is 1.02 bits per heavy atom. The summed E-state index contributed by atoms with van der Waals surface area (Å²) in [5.74, 6) is -1.09. The van der Waals surface area contributed by atoms with Gasteiger partial charge < -0.3 is 14.7 Å². The van der Waals surface area contributed by atoms with E-state index in [0.29, 0.717) is 27.8 Å². The molecule has 1 spiro atoms. The summed E-state index contributed by atoms with van der Waals surface area (Å²) in [5.41, 5.74) is 2.43. The quantitative estimate of drug-likeness (QED) is 0.381. The third-order valence-corrected chi connectivity index (χ3v) is 7.82. The van der Waals surface area contributed by atoms with Crippen molar-refractivity contribution in [1.29, 1.82) is 0 Å². The molecule has 2 aliphatic rings. The monoisotopic (exact) mass is 602 g/mol. The lowest BCUT2D eigenvalue weighted by Crippen LogP contribution is -2.44. The van der Waals surface area contributed by atoms with E-state index in [1.54, 1.807) is 12.1 Å². The van der Waals surface area contributed by atoms with Crippen LogP contribution in [0.25, 0.3) is 0 Å². The first-order valence-corrected chi connectivity index (χ1v) is 14.0. The second-order valence-corrected chi connectivity index (χ2v) is 11.7. The molecule has 0 unspecified atom stereocenters. The van der Waals surface area contributed by atoms with E-state index in [1.807, 2.05) is 11.0 Å². The average Bonchev–Trinajstić information content (AvgIpc) is 3.27. The van der Waals surface area contributed by atoms with Crippen molar-refractivity contribution in [2.45, 2.75) is 52.3 Å². The Labute approximate surface area is 243 Å². The highest BCUT2D eigenvalue weighted by molar-refractivity contribution is 6.35. The first-order valence-electron chi connectivity index (χ1n) is 13.2. The Balaban J connectivity index is 0.000000559. The summed E-state index contributed by atoms with van der Waals surface area (Å²) in [6.45, 7) is 9.86. The molecule has 1 N–H and O–H groups in total. The SMILES string of the molecule is CC(C)COc1ccccc1CN1CCC2(CCN(C(=O)Cc3ccc(Cl)cc3Cl)CC2)C1.O=C(O)C(F)(F)F. The van der Waals surface area contributed by atoms with E-state index in [-0.39, 0.29) is 5.91 Å². The zero-order chi connectivity index (χ0) is 29.5. The van der Waals surface area contributed by atoms with Crippen LogP contribution in [-0.4, -0.2) is 65.7 Å². The highest BCUT2D eigenvalue weighted by Gasteiger charge is 2.41. The van der Waals surface area contributed by atoms with Gasteiger partial charge in [-0.15, -0.1) is 0 Å². The number of carbonyl (C=O) groups excluding carboxylic acids is 1. The molecule has 6 nitrogen and oxygen atoms in total. The summed E-state index contributed by atoms with van der Waals surface area (Å²) in [6.07, 6.45) is -1.42. The van der Waals surface area contributed by atoms with E-state index in [2.05, 4.69) is 43.0 Å². The summed E-state index contributed by atoms with van der Waals surface area (Å²) < 4.78 is 37.8. The summed E-state index contributed by atoms with van der Waals surface area (Å²) in [5, 5.41) is 8.28. The summed E-state index contributed by atoms with van der Waals surface area (Å²) >= 11 is 12.3. The Hall–Kier alpha value is -2.49. The number of piperidine rings is 1. The van der Waals surface area contributed by atoms with Crippen molar-refractivity contribution >= 4 is 35.1 Å². The lowest BCUT2D eigenvalue weighted by atomic mass is 9.77. The Bertz CT molecular complexity index is 1170. The summed E-state index contributed by atoms with van der Waals surface area (Å²) in [6, 6.07) is 13.8. The second kappa shape index (κ2) is 13.9. The molecule has 11 heteroatoms. The van der Waals surface area contributed by atoms with Crippen molar-refractivity contribution in [1.82, 2.24) is 9.80 Å². The van der Waals surface area contributed by atoms with Crippen LogP contribution in [-0.2, 0) is 22.6 Å². The normalized spacial score (nSPS) is 17.1. The van der Waals surface area contributed by atoms with Crippen LogP contribution in [0.5, 0.6) is 5.75 Å². The van der Waals surface area contributed by atoms with Crippen LogP contribution in [0, 0.1) is 11.3 Å². The van der Waals surface area contributed by atoms with Crippen LogP contribution >= 0.6 is 23.2 Å². The van der Waals surface area contributed by atoms with E-state index in [1.165, 1.54) is 12.0 Å². The van der Waals surface area contributed by atoms with Crippen LogP contribution < -0.4 is 4.74 Å². The topological polar surface area (TPSA) is 70.1 Å². The van der Waals surface area contributed by atoms with Gasteiger partial charge in [-0.2, -0.15) is 13.2 Å². The number of likely N-dealkylation sites (tertiary alicyclic amines) is 2. The van der Waals surface area contributed by atoms with E-state index >= 15 is 0 Å². The second-order valence-electron chi connectivity index (χ2n) is 10.9. The molecule has 40 heavy (non-hydrogen) atoms. The van der Waals surface area contributed by atoms with Gasteiger partial charge in [0.1, 0.15) is 5.75 Å². The maximum atomic E-state index is 12.9. The van der Waals surface area contributed by atoms with Crippen molar-refractivity contribution in [3.05, 3.63) is 63.6 Å². The molecule has 0 aromatic heterocycles. The fraction of sp³-hybridized carbons (Fsp3) is 0.517. The molecule has 2 heterocycles. The molecule has 0 aliphatic carbocycles. The molecule has 4 rings (SSSR count). The molecule has 220 valence electrons. The first kappa shape index (κ1) is 32.0. The van der Waals surface area contributed by atoms with Crippen LogP contribution in [0.4, 0.5) is 13.2 Å². The van der Waals surface area contributed by atoms with Crippen LogP contribution in [0.1, 0.15) is 44.2 Å². The van der Waals surface area contributed by atoms with Crippen LogP contribution in [0.3, 0.4) is 0 Å². The number of nitrogens with zero attached hydrogens (tertiary/aromatic N) is 2. The predicted molar refractivity (Wildman–Crippen MR) is 149 cm³/mol. The number of ether oxygens (including phenoxy) is 1. The molecule has 2 saturated heterocycles. The van der Waals surface area contributed by atoms with Gasteiger partial charge in [-0.25, -0.2) is 4.79 Å². The van der Waals surface area contributed by atoms with Crippen molar-refractivity contribution in [3.8, 4) is 5.75 Å². The summed E-state index contributed by atoms with van der Waals surface area (Å²) in [7, 11) is 0. The van der Waals surface area contributed by atoms with Gasteiger partial charge in [0.25, 0.3) is 0 Å². The first-order chi connectivity index (χ1) is 18.8. The highest BCUT2D eigenvalue weighted by Crippen LogP contribution is 2.41. The number of aliphatic carboxylic acids is 1. The third kappa shape index (κ3) is 9.28. The molecule has 0 atom stereocenters. The van der Waals surface area contributed by atoms with Gasteiger partial charge in [0.2, 0.25) is 5.91 Å². The van der Waals surface area contributed by atoms with Gasteiger partial charge in [0.05, 0.1) is 13.0 Å².